The Hall–Kier alpha value is -1.95. The molecule has 0 aliphatic heterocycles. The summed E-state index contributed by atoms with van der Waals surface area (Å²) in [6.07, 6.45) is 0.990. The Bertz CT molecular complexity index is 574. The van der Waals surface area contributed by atoms with Gasteiger partial charge in [-0.3, -0.25) is 4.79 Å². The van der Waals surface area contributed by atoms with Crippen molar-refractivity contribution in [2.75, 3.05) is 27.9 Å². The molecule has 1 fully saturated rings. The van der Waals surface area contributed by atoms with Crippen LogP contribution in [0.25, 0.3) is 0 Å². The highest BCUT2D eigenvalue weighted by Gasteiger charge is 2.49. The largest absolute Gasteiger partial charge is 0.493 e. The third-order valence-electron chi connectivity index (χ3n) is 4.78. The van der Waals surface area contributed by atoms with Gasteiger partial charge in [0.15, 0.2) is 11.5 Å². The lowest BCUT2D eigenvalue weighted by Gasteiger charge is -2.51. The molecule has 0 unspecified atom stereocenters. The molecule has 1 aromatic carbocycles. The van der Waals surface area contributed by atoms with Gasteiger partial charge in [-0.2, -0.15) is 0 Å². The van der Waals surface area contributed by atoms with E-state index in [-0.39, 0.29) is 23.5 Å². The number of amides is 1. The van der Waals surface area contributed by atoms with Gasteiger partial charge in [-0.15, -0.1) is 0 Å². The summed E-state index contributed by atoms with van der Waals surface area (Å²) >= 11 is 0. The third kappa shape index (κ3) is 3.29. The first-order valence-electron chi connectivity index (χ1n) is 8.11. The van der Waals surface area contributed by atoms with E-state index in [1.54, 1.807) is 12.1 Å². The molecule has 1 amide bonds. The van der Waals surface area contributed by atoms with Gasteiger partial charge in [0.1, 0.15) is 0 Å². The van der Waals surface area contributed by atoms with Crippen LogP contribution in [0.2, 0.25) is 0 Å². The van der Waals surface area contributed by atoms with Gasteiger partial charge >= 0.3 is 0 Å². The number of benzene rings is 1. The molecule has 2 rings (SSSR count). The van der Waals surface area contributed by atoms with Crippen molar-refractivity contribution in [3.05, 3.63) is 17.7 Å². The zero-order valence-electron chi connectivity index (χ0n) is 15.3. The van der Waals surface area contributed by atoms with Crippen LogP contribution in [0.5, 0.6) is 17.2 Å². The molecule has 0 aromatic heterocycles. The van der Waals surface area contributed by atoms with Crippen LogP contribution in [0.4, 0.5) is 0 Å². The quantitative estimate of drug-likeness (QED) is 0.828. The Morgan fingerprint density at radius 1 is 1.17 bits per heavy atom. The summed E-state index contributed by atoms with van der Waals surface area (Å²) in [6, 6.07) is 3.38. The lowest BCUT2D eigenvalue weighted by Crippen LogP contribution is -2.62. The highest BCUT2D eigenvalue weighted by molar-refractivity contribution is 5.96. The van der Waals surface area contributed by atoms with Crippen LogP contribution in [0.1, 0.15) is 37.6 Å². The average molecular weight is 337 g/mol. The predicted octanol–water partition coefficient (Wildman–Crippen LogP) is 2.65. The average Bonchev–Trinajstić information content (AvgIpc) is 2.59. The van der Waals surface area contributed by atoms with Crippen LogP contribution >= 0.6 is 0 Å². The van der Waals surface area contributed by atoms with Crippen LogP contribution in [0.3, 0.4) is 0 Å². The molecular weight excluding hydrogens is 310 g/mol. The molecule has 0 saturated heterocycles. The van der Waals surface area contributed by atoms with Crippen LogP contribution in [-0.2, 0) is 4.74 Å². The number of carbonyl (C=O) groups is 1. The van der Waals surface area contributed by atoms with E-state index in [2.05, 4.69) is 19.2 Å². The van der Waals surface area contributed by atoms with Gasteiger partial charge in [0, 0.05) is 23.6 Å². The summed E-state index contributed by atoms with van der Waals surface area (Å²) in [5.41, 5.74) is 0.381. The molecule has 24 heavy (non-hydrogen) atoms. The lowest BCUT2D eigenvalue weighted by atomic mass is 9.64. The molecule has 2 atom stereocenters. The highest BCUT2D eigenvalue weighted by atomic mass is 16.5. The normalized spacial score (nSPS) is 21.6. The number of carbonyl (C=O) groups excluding carboxylic acids is 1. The van der Waals surface area contributed by atoms with E-state index >= 15 is 0 Å². The van der Waals surface area contributed by atoms with E-state index in [1.165, 1.54) is 21.3 Å². The Morgan fingerprint density at radius 3 is 2.17 bits per heavy atom. The zero-order valence-corrected chi connectivity index (χ0v) is 15.3. The first-order valence-corrected chi connectivity index (χ1v) is 8.11. The summed E-state index contributed by atoms with van der Waals surface area (Å²) in [4.78, 5) is 12.6. The number of ether oxygens (including phenoxy) is 4. The first kappa shape index (κ1) is 18.4. The van der Waals surface area contributed by atoms with Gasteiger partial charge in [-0.25, -0.2) is 0 Å². The third-order valence-corrected chi connectivity index (χ3v) is 4.78. The molecule has 0 radical (unpaired) electrons. The van der Waals surface area contributed by atoms with E-state index in [9.17, 15) is 4.79 Å². The molecule has 1 N–H and O–H groups in total. The molecule has 0 spiro atoms. The molecule has 1 aliphatic carbocycles. The predicted molar refractivity (Wildman–Crippen MR) is 91.2 cm³/mol. The van der Waals surface area contributed by atoms with Crippen LogP contribution in [-0.4, -0.2) is 46.0 Å². The SMILES string of the molecule is CCO[C@@H]1C[C@H](NC(=O)c2cc(OC)c(OC)c(OC)c2)C1(C)C. The van der Waals surface area contributed by atoms with Crippen molar-refractivity contribution in [2.45, 2.75) is 39.3 Å². The van der Waals surface area contributed by atoms with Gasteiger partial charge in [-0.1, -0.05) is 13.8 Å². The Balaban J connectivity index is 2.16. The molecular formula is C18H27NO5. The molecule has 1 aliphatic rings. The highest BCUT2D eigenvalue weighted by Crippen LogP contribution is 2.43. The maximum absolute atomic E-state index is 12.6. The van der Waals surface area contributed by atoms with Gasteiger partial charge in [0.05, 0.1) is 27.4 Å². The molecule has 0 heterocycles. The lowest BCUT2D eigenvalue weighted by molar-refractivity contribution is -0.111. The second-order valence-electron chi connectivity index (χ2n) is 6.44. The number of nitrogens with one attached hydrogen (secondary N) is 1. The van der Waals surface area contributed by atoms with Crippen molar-refractivity contribution < 1.29 is 23.7 Å². The van der Waals surface area contributed by atoms with Crippen molar-refractivity contribution in [1.29, 1.82) is 0 Å². The number of hydrogen-bond acceptors (Lipinski definition) is 5. The van der Waals surface area contributed by atoms with Crippen LogP contribution in [0, 0.1) is 5.41 Å². The van der Waals surface area contributed by atoms with Gasteiger partial charge in [0.25, 0.3) is 5.91 Å². The number of hydrogen-bond donors (Lipinski definition) is 1. The second-order valence-corrected chi connectivity index (χ2v) is 6.44. The summed E-state index contributed by atoms with van der Waals surface area (Å²) in [5, 5.41) is 3.08. The van der Waals surface area contributed by atoms with Crippen molar-refractivity contribution in [3.8, 4) is 17.2 Å². The summed E-state index contributed by atoms with van der Waals surface area (Å²) in [7, 11) is 4.59. The zero-order chi connectivity index (χ0) is 17.9. The minimum Gasteiger partial charge on any atom is -0.493 e. The number of methoxy groups -OCH3 is 3. The Kier molecular flexibility index (Phi) is 5.59. The molecule has 1 saturated carbocycles. The van der Waals surface area contributed by atoms with Crippen molar-refractivity contribution in [2.24, 2.45) is 5.41 Å². The van der Waals surface area contributed by atoms with Crippen molar-refractivity contribution >= 4 is 5.91 Å². The fourth-order valence-electron chi connectivity index (χ4n) is 3.07. The smallest absolute Gasteiger partial charge is 0.251 e. The molecule has 1 aromatic rings. The van der Waals surface area contributed by atoms with E-state index in [0.29, 0.717) is 29.4 Å². The van der Waals surface area contributed by atoms with Gasteiger partial charge in [0.2, 0.25) is 5.75 Å². The molecule has 6 nitrogen and oxygen atoms in total. The van der Waals surface area contributed by atoms with E-state index in [0.717, 1.165) is 6.42 Å². The van der Waals surface area contributed by atoms with Crippen LogP contribution < -0.4 is 19.5 Å². The fourth-order valence-corrected chi connectivity index (χ4v) is 3.07. The standard InChI is InChI=1S/C18H27NO5/c1-7-24-15-10-14(18(15,2)3)19-17(20)11-8-12(21-4)16(23-6)13(9-11)22-5/h8-9,14-15H,7,10H2,1-6H3,(H,19,20)/t14-,15+/m0/s1. The monoisotopic (exact) mass is 337 g/mol. The van der Waals surface area contributed by atoms with Crippen molar-refractivity contribution in [1.82, 2.24) is 5.32 Å². The first-order chi connectivity index (χ1) is 11.4. The van der Waals surface area contributed by atoms with Crippen molar-refractivity contribution in [3.63, 3.8) is 0 Å². The van der Waals surface area contributed by atoms with E-state index < -0.39 is 0 Å². The summed E-state index contributed by atoms with van der Waals surface area (Å²) in [5.74, 6) is 1.23. The van der Waals surface area contributed by atoms with E-state index in [4.69, 9.17) is 18.9 Å². The Labute approximate surface area is 143 Å². The van der Waals surface area contributed by atoms with Crippen LogP contribution in [0.15, 0.2) is 12.1 Å². The minimum absolute atomic E-state index is 0.0700. The minimum atomic E-state index is -0.165. The summed E-state index contributed by atoms with van der Waals surface area (Å²) in [6.45, 7) is 6.88. The second kappa shape index (κ2) is 7.30. The molecule has 134 valence electrons. The topological polar surface area (TPSA) is 66.0 Å². The van der Waals surface area contributed by atoms with Gasteiger partial charge < -0.3 is 24.3 Å². The number of rotatable bonds is 7. The summed E-state index contributed by atoms with van der Waals surface area (Å²) < 4.78 is 21.6. The Morgan fingerprint density at radius 2 is 1.75 bits per heavy atom. The molecule has 6 heteroatoms. The fraction of sp³-hybridized carbons (Fsp3) is 0.611. The maximum Gasteiger partial charge on any atom is 0.251 e. The molecule has 0 bridgehead atoms. The van der Waals surface area contributed by atoms with E-state index in [1.807, 2.05) is 6.92 Å². The van der Waals surface area contributed by atoms with Gasteiger partial charge in [-0.05, 0) is 25.5 Å². The maximum atomic E-state index is 12.6.